The Morgan fingerprint density at radius 2 is 1.71 bits per heavy atom. The van der Waals surface area contributed by atoms with Crippen LogP contribution >= 0.6 is 0 Å². The molecule has 0 spiro atoms. The fourth-order valence-electron chi connectivity index (χ4n) is 3.26. The van der Waals surface area contributed by atoms with Crippen molar-refractivity contribution in [3.63, 3.8) is 0 Å². The molecular weight excluding hydrogens is 442 g/mol. The molecule has 0 bridgehead atoms. The molecule has 0 atom stereocenters. The van der Waals surface area contributed by atoms with E-state index in [1.807, 2.05) is 18.2 Å². The van der Waals surface area contributed by atoms with Crippen LogP contribution in [0.5, 0.6) is 11.6 Å². The summed E-state index contributed by atoms with van der Waals surface area (Å²) in [5.74, 6) is 0.355. The molecular formula is C24H21N3O7. The number of nitro benzene ring substituents is 1. The molecule has 0 unspecified atom stereocenters. The Balaban J connectivity index is 1.31. The van der Waals surface area contributed by atoms with E-state index in [1.165, 1.54) is 31.4 Å². The zero-order chi connectivity index (χ0) is 24.1. The summed E-state index contributed by atoms with van der Waals surface area (Å²) < 4.78 is 15.6. The van der Waals surface area contributed by atoms with Gasteiger partial charge in [0, 0.05) is 35.6 Å². The van der Waals surface area contributed by atoms with Gasteiger partial charge in [0.2, 0.25) is 5.88 Å². The van der Waals surface area contributed by atoms with Gasteiger partial charge in [-0.15, -0.1) is 0 Å². The predicted octanol–water partition coefficient (Wildman–Crippen LogP) is 4.60. The number of esters is 1. The third-order valence-corrected chi connectivity index (χ3v) is 5.43. The van der Waals surface area contributed by atoms with Crippen LogP contribution in [0.2, 0.25) is 0 Å². The van der Waals surface area contributed by atoms with Gasteiger partial charge in [-0.1, -0.05) is 12.1 Å². The van der Waals surface area contributed by atoms with Crippen molar-refractivity contribution in [3.8, 4) is 22.8 Å². The van der Waals surface area contributed by atoms with Crippen LogP contribution < -0.4 is 14.8 Å². The number of benzene rings is 2. The van der Waals surface area contributed by atoms with Gasteiger partial charge in [0.15, 0.2) is 0 Å². The van der Waals surface area contributed by atoms with Crippen molar-refractivity contribution in [2.24, 2.45) is 5.41 Å². The molecule has 34 heavy (non-hydrogen) atoms. The lowest BCUT2D eigenvalue weighted by atomic mass is 10.1. The highest BCUT2D eigenvalue weighted by atomic mass is 16.6. The number of pyridine rings is 1. The summed E-state index contributed by atoms with van der Waals surface area (Å²) >= 11 is 0. The molecule has 3 aromatic rings. The number of anilines is 1. The molecule has 10 heteroatoms. The van der Waals surface area contributed by atoms with Crippen LogP contribution in [0.25, 0.3) is 11.1 Å². The number of nitrogens with one attached hydrogen (secondary N) is 1. The third kappa shape index (κ3) is 5.29. The average molecular weight is 463 g/mol. The minimum absolute atomic E-state index is 0.0922. The largest absolute Gasteiger partial charge is 0.476 e. The molecule has 1 aliphatic carbocycles. The molecule has 10 nitrogen and oxygen atoms in total. The zero-order valence-electron chi connectivity index (χ0n) is 18.2. The monoisotopic (exact) mass is 463 g/mol. The number of carbonyl (C=O) groups excluding carboxylic acids is 2. The van der Waals surface area contributed by atoms with Crippen molar-refractivity contribution in [1.29, 1.82) is 0 Å². The number of nitrogens with zero attached hydrogens (tertiary/aromatic N) is 2. The van der Waals surface area contributed by atoms with Gasteiger partial charge in [-0.2, -0.15) is 0 Å². The fourth-order valence-corrected chi connectivity index (χ4v) is 3.26. The second kappa shape index (κ2) is 9.57. The average Bonchev–Trinajstić information content (AvgIpc) is 3.64. The highest BCUT2D eigenvalue weighted by molar-refractivity contribution is 5.86. The maximum atomic E-state index is 12.1. The van der Waals surface area contributed by atoms with Gasteiger partial charge < -0.3 is 14.2 Å². The van der Waals surface area contributed by atoms with Gasteiger partial charge in [-0.05, 0) is 48.7 Å². The van der Waals surface area contributed by atoms with Gasteiger partial charge in [-0.25, -0.2) is 9.78 Å². The Hall–Kier alpha value is -4.47. The number of hydrogen-bond acceptors (Lipinski definition) is 8. The van der Waals surface area contributed by atoms with Crippen LogP contribution in [0.1, 0.15) is 12.8 Å². The van der Waals surface area contributed by atoms with E-state index in [-0.39, 0.29) is 24.0 Å². The molecule has 1 fully saturated rings. The van der Waals surface area contributed by atoms with E-state index >= 15 is 0 Å². The molecule has 0 saturated heterocycles. The van der Waals surface area contributed by atoms with Crippen molar-refractivity contribution in [3.05, 3.63) is 77.0 Å². The summed E-state index contributed by atoms with van der Waals surface area (Å²) in [6.07, 6.45) is 2.45. The standard InChI is InChI=1S/C24H21N3O7/c1-32-22(28)24(12-13-24)15-33-21-11-4-17(14-25-21)16-2-5-18(6-3-16)26-23(29)34-20-9-7-19(8-10-20)27(30)31/h2-11,14H,12-13,15H2,1H3,(H,26,29). The van der Waals surface area contributed by atoms with Gasteiger partial charge in [0.1, 0.15) is 17.8 Å². The highest BCUT2D eigenvalue weighted by Gasteiger charge is 2.52. The number of non-ortho nitro benzene ring substituents is 1. The molecule has 1 N–H and O–H groups in total. The van der Waals surface area contributed by atoms with E-state index in [9.17, 15) is 19.7 Å². The first-order chi connectivity index (χ1) is 16.4. The summed E-state index contributed by atoms with van der Waals surface area (Å²) in [5.41, 5.74) is 1.60. The van der Waals surface area contributed by atoms with Crippen LogP contribution in [-0.2, 0) is 9.53 Å². The first-order valence-electron chi connectivity index (χ1n) is 10.4. The number of aromatic nitrogens is 1. The molecule has 1 saturated carbocycles. The molecule has 0 aliphatic heterocycles. The quantitative estimate of drug-likeness (QED) is 0.291. The lowest BCUT2D eigenvalue weighted by Crippen LogP contribution is -2.24. The summed E-state index contributed by atoms with van der Waals surface area (Å²) in [6, 6.07) is 15.8. The van der Waals surface area contributed by atoms with Gasteiger partial charge in [0.05, 0.1) is 12.0 Å². The van der Waals surface area contributed by atoms with Crippen LogP contribution in [0.15, 0.2) is 66.9 Å². The lowest BCUT2D eigenvalue weighted by Gasteiger charge is -2.13. The lowest BCUT2D eigenvalue weighted by molar-refractivity contribution is -0.384. The van der Waals surface area contributed by atoms with Crippen molar-refractivity contribution in [2.75, 3.05) is 19.0 Å². The number of rotatable bonds is 8. The van der Waals surface area contributed by atoms with Gasteiger partial charge in [0.25, 0.3) is 5.69 Å². The predicted molar refractivity (Wildman–Crippen MR) is 122 cm³/mol. The molecule has 1 aromatic heterocycles. The molecule has 0 radical (unpaired) electrons. The molecule has 1 amide bonds. The Bertz CT molecular complexity index is 1190. The summed E-state index contributed by atoms with van der Waals surface area (Å²) in [7, 11) is 1.37. The van der Waals surface area contributed by atoms with Crippen molar-refractivity contribution >= 4 is 23.4 Å². The SMILES string of the molecule is COC(=O)C1(COc2ccc(-c3ccc(NC(=O)Oc4ccc([N+](=O)[O-])cc4)cc3)cn2)CC1. The minimum Gasteiger partial charge on any atom is -0.476 e. The van der Waals surface area contributed by atoms with E-state index in [4.69, 9.17) is 14.2 Å². The number of carbonyl (C=O) groups is 2. The highest BCUT2D eigenvalue weighted by Crippen LogP contribution is 2.46. The third-order valence-electron chi connectivity index (χ3n) is 5.43. The van der Waals surface area contributed by atoms with Gasteiger partial charge in [-0.3, -0.25) is 20.2 Å². The topological polar surface area (TPSA) is 130 Å². The zero-order valence-corrected chi connectivity index (χ0v) is 18.2. The van der Waals surface area contributed by atoms with Crippen LogP contribution in [0, 0.1) is 15.5 Å². The Kier molecular flexibility index (Phi) is 6.39. The maximum Gasteiger partial charge on any atom is 0.417 e. The summed E-state index contributed by atoms with van der Waals surface area (Å²) in [4.78, 5) is 38.3. The Labute approximate surface area is 194 Å². The number of nitro groups is 1. The van der Waals surface area contributed by atoms with Crippen LogP contribution in [0.4, 0.5) is 16.2 Å². The first kappa shape index (κ1) is 22.7. The summed E-state index contributed by atoms with van der Waals surface area (Å²) in [5, 5.41) is 13.3. The second-order valence-electron chi connectivity index (χ2n) is 7.79. The van der Waals surface area contributed by atoms with Gasteiger partial charge >= 0.3 is 12.1 Å². The van der Waals surface area contributed by atoms with E-state index in [1.54, 1.807) is 24.4 Å². The van der Waals surface area contributed by atoms with E-state index in [0.717, 1.165) is 24.0 Å². The van der Waals surface area contributed by atoms with Crippen LogP contribution in [-0.4, -0.2) is 35.7 Å². The molecule has 1 heterocycles. The van der Waals surface area contributed by atoms with E-state index < -0.39 is 16.4 Å². The molecule has 1 aliphatic rings. The van der Waals surface area contributed by atoms with Crippen LogP contribution in [0.3, 0.4) is 0 Å². The van der Waals surface area contributed by atoms with Crippen molar-refractivity contribution in [1.82, 2.24) is 4.98 Å². The fraction of sp³-hybridized carbons (Fsp3) is 0.208. The number of hydrogen-bond donors (Lipinski definition) is 1. The Morgan fingerprint density at radius 3 is 2.26 bits per heavy atom. The normalized spacial score (nSPS) is 13.4. The number of methoxy groups -OCH3 is 1. The number of ether oxygens (including phenoxy) is 3. The minimum atomic E-state index is -0.717. The first-order valence-corrected chi connectivity index (χ1v) is 10.4. The second-order valence-corrected chi connectivity index (χ2v) is 7.79. The molecule has 2 aromatic carbocycles. The maximum absolute atomic E-state index is 12.1. The Morgan fingerprint density at radius 1 is 1.03 bits per heavy atom. The molecule has 4 rings (SSSR count). The molecule has 174 valence electrons. The summed E-state index contributed by atoms with van der Waals surface area (Å²) in [6.45, 7) is 0.238. The number of amides is 1. The van der Waals surface area contributed by atoms with Crippen molar-refractivity contribution in [2.45, 2.75) is 12.8 Å². The van der Waals surface area contributed by atoms with E-state index in [0.29, 0.717) is 11.6 Å². The van der Waals surface area contributed by atoms with Crippen molar-refractivity contribution < 1.29 is 28.7 Å². The van der Waals surface area contributed by atoms with E-state index in [2.05, 4.69) is 10.3 Å². The smallest absolute Gasteiger partial charge is 0.417 e.